The van der Waals surface area contributed by atoms with Crippen LogP contribution in [0.25, 0.3) is 0 Å². The molecule has 12 heavy (non-hydrogen) atoms. The van der Waals surface area contributed by atoms with Crippen molar-refractivity contribution in [3.8, 4) is 0 Å². The maximum Gasteiger partial charge on any atom is 1.00 e. The first-order valence-electron chi connectivity index (χ1n) is 3.44. The number of nitrogens with zero attached hydrogens (tertiary/aromatic N) is 1. The number of likely N-dealkylation sites (tertiary alicyclic amines) is 1. The van der Waals surface area contributed by atoms with Crippen LogP contribution in [0.3, 0.4) is 0 Å². The quantitative estimate of drug-likeness (QED) is 0.444. The van der Waals surface area contributed by atoms with E-state index in [1.165, 1.54) is 0 Å². The molecule has 1 aliphatic rings. The van der Waals surface area contributed by atoms with Gasteiger partial charge in [0.1, 0.15) is 0 Å². The molecule has 0 aliphatic carbocycles. The summed E-state index contributed by atoms with van der Waals surface area (Å²) in [4.78, 5) is 1.96. The Morgan fingerprint density at radius 1 is 1.17 bits per heavy atom. The molecule has 1 rings (SSSR count). The molecule has 58 valence electrons. The predicted octanol–water partition coefficient (Wildman–Crippen LogP) is -8.23. The molecule has 0 bridgehead atoms. The van der Waals surface area contributed by atoms with Gasteiger partial charge in [-0.25, -0.2) is 0 Å². The van der Waals surface area contributed by atoms with Crippen molar-refractivity contribution in [2.24, 2.45) is 0 Å². The summed E-state index contributed by atoms with van der Waals surface area (Å²) in [5.41, 5.74) is 0. The molecule has 1 fully saturated rings. The summed E-state index contributed by atoms with van der Waals surface area (Å²) in [6, 6.07) is 0. The van der Waals surface area contributed by atoms with Gasteiger partial charge in [-0.1, -0.05) is 0 Å². The van der Waals surface area contributed by atoms with Gasteiger partial charge in [0.2, 0.25) is 0 Å². The number of rotatable bonds is 3. The van der Waals surface area contributed by atoms with Crippen LogP contribution in [0.15, 0.2) is 0 Å². The molecule has 7 heteroatoms. The molecule has 1 saturated heterocycles. The second-order valence-electron chi connectivity index (χ2n) is 2.41. The Morgan fingerprint density at radius 2 is 1.67 bits per heavy atom. The largest absolute Gasteiger partial charge is 1.00 e. The van der Waals surface area contributed by atoms with E-state index in [9.17, 15) is 10.0 Å². The molecule has 0 spiro atoms. The Morgan fingerprint density at radius 3 is 2.08 bits per heavy atom. The maximum atomic E-state index is 9.88. The first-order chi connectivity index (χ1) is 4.79. The van der Waals surface area contributed by atoms with Crippen LogP contribution < -0.4 is 113 Å². The molecule has 0 radical (unpaired) electrons. The number of hydrogen-bond donors (Lipinski definition) is 0. The molecule has 1 heterocycles. The Balaban J connectivity index is 0. The molecule has 0 aromatic rings. The fourth-order valence-corrected chi connectivity index (χ4v) is 1.08. The van der Waals surface area contributed by atoms with Crippen molar-refractivity contribution in [1.29, 1.82) is 0 Å². The Hall–Kier alpha value is 3.18. The van der Waals surface area contributed by atoms with Gasteiger partial charge in [0, 0.05) is 13.1 Å². The van der Waals surface area contributed by atoms with Gasteiger partial charge < -0.3 is 14.7 Å². The van der Waals surface area contributed by atoms with Crippen LogP contribution in [0.5, 0.6) is 0 Å². The second-order valence-corrected chi connectivity index (χ2v) is 2.41. The molecule has 0 aromatic carbocycles. The zero-order valence-electron chi connectivity index (χ0n) is 7.78. The fourth-order valence-electron chi connectivity index (χ4n) is 1.08. The average molecular weight is 221 g/mol. The summed E-state index contributed by atoms with van der Waals surface area (Å²) in [5, 5.41) is 19.8. The third kappa shape index (κ3) is 8.48. The molecule has 0 aromatic heterocycles. The summed E-state index contributed by atoms with van der Waals surface area (Å²) >= 11 is 0. The molecule has 0 N–H and O–H groups in total. The Bertz CT molecular complexity index is 103. The third-order valence-corrected chi connectivity index (χ3v) is 1.59. The Labute approximate surface area is 158 Å². The van der Waals surface area contributed by atoms with Crippen molar-refractivity contribution in [2.75, 3.05) is 19.8 Å². The molecular weight excluding hydrogens is 211 g/mol. The van der Waals surface area contributed by atoms with E-state index in [1.807, 2.05) is 4.90 Å². The van der Waals surface area contributed by atoms with Crippen LogP contribution in [-0.2, 0) is 4.65 Å². The van der Waals surface area contributed by atoms with Crippen LogP contribution in [0.1, 0.15) is 12.8 Å². The van der Waals surface area contributed by atoms with Crippen molar-refractivity contribution in [2.45, 2.75) is 12.8 Å². The minimum Gasteiger partial charge on any atom is -0.871 e. The van der Waals surface area contributed by atoms with Crippen molar-refractivity contribution in [3.05, 3.63) is 0 Å². The van der Waals surface area contributed by atoms with Gasteiger partial charge in [-0.3, -0.25) is 4.90 Å². The van der Waals surface area contributed by atoms with Crippen LogP contribution >= 0.6 is 0 Å². The van der Waals surface area contributed by atoms with E-state index in [0.29, 0.717) is 0 Å². The SMILES string of the molecule is [K+].[K+].[O-]B([O-])OCN1CCCC1. The predicted molar refractivity (Wildman–Crippen MR) is 32.5 cm³/mol. The zero-order chi connectivity index (χ0) is 7.40. The number of hydrogen-bond acceptors (Lipinski definition) is 4. The van der Waals surface area contributed by atoms with E-state index in [4.69, 9.17) is 0 Å². The minimum atomic E-state index is -2.12. The van der Waals surface area contributed by atoms with Gasteiger partial charge in [0.15, 0.2) is 0 Å². The molecule has 4 nitrogen and oxygen atoms in total. The fraction of sp³-hybridized carbons (Fsp3) is 1.00. The Kier molecular flexibility index (Phi) is 15.6. The van der Waals surface area contributed by atoms with E-state index in [1.54, 1.807) is 0 Å². The van der Waals surface area contributed by atoms with E-state index in [-0.39, 0.29) is 109 Å². The second kappa shape index (κ2) is 10.7. The molecular formula is C5H10BK2NO3. The summed E-state index contributed by atoms with van der Waals surface area (Å²) in [6.45, 7) is 2.11. The minimum absolute atomic E-state index is 0. The van der Waals surface area contributed by atoms with Crippen LogP contribution in [-0.4, -0.2) is 32.0 Å². The topological polar surface area (TPSA) is 58.6 Å². The third-order valence-electron chi connectivity index (χ3n) is 1.59. The first kappa shape index (κ1) is 17.6. The monoisotopic (exact) mass is 221 g/mol. The van der Waals surface area contributed by atoms with Gasteiger partial charge in [-0.05, 0) is 12.8 Å². The van der Waals surface area contributed by atoms with E-state index in [2.05, 4.69) is 4.65 Å². The van der Waals surface area contributed by atoms with Gasteiger partial charge in [-0.2, -0.15) is 0 Å². The summed E-state index contributed by atoms with van der Waals surface area (Å²) in [6.07, 6.45) is 2.29. The van der Waals surface area contributed by atoms with Crippen molar-refractivity contribution in [3.63, 3.8) is 0 Å². The first-order valence-corrected chi connectivity index (χ1v) is 3.44. The summed E-state index contributed by atoms with van der Waals surface area (Å²) in [5.74, 6) is 0. The molecule has 0 unspecified atom stereocenters. The van der Waals surface area contributed by atoms with Crippen molar-refractivity contribution >= 4 is 7.32 Å². The van der Waals surface area contributed by atoms with Gasteiger partial charge in [0.25, 0.3) is 0 Å². The normalized spacial score (nSPS) is 16.5. The van der Waals surface area contributed by atoms with Crippen LogP contribution in [0, 0.1) is 0 Å². The standard InChI is InChI=1S/C5H10BNO3.2K/c8-6(9)10-5-7-3-1-2-4-7;;/h1-5H2;;/q-2;2*+1. The van der Waals surface area contributed by atoms with E-state index in [0.717, 1.165) is 25.9 Å². The van der Waals surface area contributed by atoms with Crippen LogP contribution in [0.2, 0.25) is 0 Å². The smallest absolute Gasteiger partial charge is 0.871 e. The molecule has 0 saturated carbocycles. The van der Waals surface area contributed by atoms with Gasteiger partial charge in [-0.15, -0.1) is 0 Å². The van der Waals surface area contributed by atoms with E-state index < -0.39 is 7.32 Å². The molecule has 0 amide bonds. The van der Waals surface area contributed by atoms with E-state index >= 15 is 0 Å². The van der Waals surface area contributed by atoms with Gasteiger partial charge in [0.05, 0.1) is 14.1 Å². The maximum absolute atomic E-state index is 9.88. The average Bonchev–Trinajstić information content (AvgIpc) is 2.34. The molecule has 0 atom stereocenters. The van der Waals surface area contributed by atoms with Crippen molar-refractivity contribution in [1.82, 2.24) is 4.90 Å². The summed E-state index contributed by atoms with van der Waals surface area (Å²) < 4.78 is 4.34. The summed E-state index contributed by atoms with van der Waals surface area (Å²) in [7, 11) is -2.12. The van der Waals surface area contributed by atoms with Gasteiger partial charge >= 0.3 is 103 Å². The van der Waals surface area contributed by atoms with Crippen molar-refractivity contribution < 1.29 is 117 Å². The zero-order valence-corrected chi connectivity index (χ0v) is 14.0. The molecule has 1 aliphatic heterocycles. The van der Waals surface area contributed by atoms with Crippen LogP contribution in [0.4, 0.5) is 0 Å².